The summed E-state index contributed by atoms with van der Waals surface area (Å²) < 4.78 is 0.985. The molecule has 0 aliphatic heterocycles. The number of carbonyl (C=O) groups excluding carboxylic acids is 1. The van der Waals surface area contributed by atoms with Crippen molar-refractivity contribution in [1.29, 1.82) is 0 Å². The molecule has 0 saturated heterocycles. The molecule has 0 aliphatic carbocycles. The number of benzene rings is 2. The van der Waals surface area contributed by atoms with Crippen molar-refractivity contribution in [3.8, 4) is 11.4 Å². The third kappa shape index (κ3) is 9.88. The normalized spacial score (nSPS) is 12.2. The van der Waals surface area contributed by atoms with Crippen molar-refractivity contribution in [3.63, 3.8) is 0 Å². The molecule has 0 saturated carbocycles. The minimum Gasteiger partial charge on any atom is -0.512 e. The van der Waals surface area contributed by atoms with Gasteiger partial charge in [0.05, 0.1) is 5.76 Å². The van der Waals surface area contributed by atoms with E-state index in [4.69, 9.17) is 4.98 Å². The largest absolute Gasteiger partial charge is 0.512 e. The molecule has 2 aromatic carbocycles. The zero-order valence-electron chi connectivity index (χ0n) is 26.1. The first-order valence-electron chi connectivity index (χ1n) is 14.4. The standard InChI is InChI=1S/C20H24GeN3.C13H24O2.Ir/c1-20(2,3)17-12-15(11-14-9-7-8-10-16(14)17)18-22-13-23-19(24-18)21(4,5)6;1-5-10(6-2)12(14)9-13(15)11(7-3)8-4;/h7-10,12-13H,1-6H3;9-11,14H,5-8H2,1-4H3;/q-1;;/b;12-9-;. The maximum atomic E-state index is 11.7. The summed E-state index contributed by atoms with van der Waals surface area (Å²) in [5.74, 6) is 8.17. The molecule has 0 atom stereocenters. The Kier molecular flexibility index (Phi) is 14.4. The minimum absolute atomic E-state index is 0. The van der Waals surface area contributed by atoms with Gasteiger partial charge >= 0.3 is 147 Å². The van der Waals surface area contributed by atoms with Gasteiger partial charge in [0.2, 0.25) is 0 Å². The number of aliphatic hydroxyl groups is 1. The summed E-state index contributed by atoms with van der Waals surface area (Å²) in [4.78, 5) is 25.3. The third-order valence-corrected chi connectivity index (χ3v) is 10.5. The van der Waals surface area contributed by atoms with Gasteiger partial charge in [-0.15, -0.1) is 0 Å². The zero-order valence-corrected chi connectivity index (χ0v) is 30.5. The fourth-order valence-corrected chi connectivity index (χ4v) is 6.40. The fraction of sp³-hybridized carbons (Fsp3) is 0.515. The molecule has 1 heterocycles. The van der Waals surface area contributed by atoms with Crippen LogP contribution in [0.1, 0.15) is 79.7 Å². The van der Waals surface area contributed by atoms with Gasteiger partial charge in [-0.1, -0.05) is 27.7 Å². The van der Waals surface area contributed by atoms with Gasteiger partial charge in [0, 0.05) is 38.0 Å². The Hall–Kier alpha value is -1.89. The molecule has 0 fully saturated rings. The Labute approximate surface area is 258 Å². The average Bonchev–Trinajstić information content (AvgIpc) is 2.89. The van der Waals surface area contributed by atoms with Gasteiger partial charge in [-0.05, 0) is 25.7 Å². The first-order valence-corrected chi connectivity index (χ1v) is 21.7. The first-order chi connectivity index (χ1) is 18.3. The van der Waals surface area contributed by atoms with Gasteiger partial charge in [0.15, 0.2) is 5.78 Å². The number of hydrogen-bond donors (Lipinski definition) is 1. The van der Waals surface area contributed by atoms with Gasteiger partial charge < -0.3 is 5.11 Å². The van der Waals surface area contributed by atoms with E-state index in [1.165, 1.54) is 17.0 Å². The number of carbonyl (C=O) groups is 1. The van der Waals surface area contributed by atoms with Crippen LogP contribution in [-0.4, -0.2) is 39.1 Å². The summed E-state index contributed by atoms with van der Waals surface area (Å²) in [5.41, 5.74) is 2.29. The number of aromatic nitrogens is 3. The van der Waals surface area contributed by atoms with Crippen molar-refractivity contribution >= 4 is 34.5 Å². The number of rotatable bonds is 9. The van der Waals surface area contributed by atoms with Crippen molar-refractivity contribution < 1.29 is 30.0 Å². The predicted molar refractivity (Wildman–Crippen MR) is 167 cm³/mol. The number of fused-ring (bicyclic) bond motifs is 1. The SMILES string of the molecule is CC(C)(C)c1cc(-c2ncn[c]([Ge]([CH3])([CH3])[CH3])n2)[c-]c2ccccc12.CCC(CC)C(=O)/C=C(\O)C(CC)CC.[Ir]. The van der Waals surface area contributed by atoms with E-state index in [2.05, 4.69) is 84.4 Å². The molecule has 5 nitrogen and oxygen atoms in total. The molecule has 7 heteroatoms. The van der Waals surface area contributed by atoms with E-state index in [1.807, 2.05) is 27.7 Å². The van der Waals surface area contributed by atoms with E-state index in [0.717, 1.165) is 47.1 Å². The molecule has 0 bridgehead atoms. The van der Waals surface area contributed by atoms with Crippen molar-refractivity contribution in [2.75, 3.05) is 0 Å². The van der Waals surface area contributed by atoms with Crippen LogP contribution in [0, 0.1) is 17.9 Å². The van der Waals surface area contributed by atoms with Gasteiger partial charge in [-0.3, -0.25) is 4.79 Å². The van der Waals surface area contributed by atoms with Crippen LogP contribution in [-0.2, 0) is 30.3 Å². The van der Waals surface area contributed by atoms with Gasteiger partial charge in [0.25, 0.3) is 0 Å². The summed E-state index contributed by atoms with van der Waals surface area (Å²) in [6, 6.07) is 14.1. The monoisotopic (exact) mass is 785 g/mol. The Morgan fingerprint density at radius 1 is 0.975 bits per heavy atom. The van der Waals surface area contributed by atoms with Gasteiger partial charge in [0.1, 0.15) is 0 Å². The molecule has 0 amide bonds. The van der Waals surface area contributed by atoms with Crippen LogP contribution in [0.15, 0.2) is 48.5 Å². The van der Waals surface area contributed by atoms with E-state index < -0.39 is 13.3 Å². The Bertz CT molecular complexity index is 1270. The van der Waals surface area contributed by atoms with Crippen molar-refractivity contribution in [3.05, 3.63) is 60.1 Å². The molecule has 40 heavy (non-hydrogen) atoms. The second-order valence-corrected chi connectivity index (χ2v) is 22.7. The summed E-state index contributed by atoms with van der Waals surface area (Å²) in [6.45, 7) is 14.8. The molecule has 0 spiro atoms. The maximum absolute atomic E-state index is 11.7. The predicted octanol–water partition coefficient (Wildman–Crippen LogP) is 8.20. The Morgan fingerprint density at radius 3 is 2.08 bits per heavy atom. The molecule has 1 aromatic heterocycles. The number of aliphatic hydroxyl groups excluding tert-OH is 1. The maximum Gasteiger partial charge on any atom is 0.162 e. The number of hydrogen-bond acceptors (Lipinski definition) is 5. The van der Waals surface area contributed by atoms with Crippen LogP contribution in [0.25, 0.3) is 22.2 Å². The van der Waals surface area contributed by atoms with Crippen LogP contribution in [0.5, 0.6) is 0 Å². The molecular weight excluding hydrogens is 735 g/mol. The Balaban J connectivity index is 0.000000437. The quantitative estimate of drug-likeness (QED) is 0.103. The molecule has 3 rings (SSSR count). The van der Waals surface area contributed by atoms with Gasteiger partial charge in [-0.2, -0.15) is 0 Å². The van der Waals surface area contributed by atoms with E-state index in [9.17, 15) is 9.90 Å². The first kappa shape index (κ1) is 36.1. The van der Waals surface area contributed by atoms with Crippen LogP contribution in [0.3, 0.4) is 0 Å². The third-order valence-electron chi connectivity index (χ3n) is 7.15. The number of nitrogens with zero attached hydrogens (tertiary/aromatic N) is 3. The molecule has 1 radical (unpaired) electrons. The van der Waals surface area contributed by atoms with Crippen LogP contribution >= 0.6 is 0 Å². The zero-order chi connectivity index (χ0) is 29.4. The summed E-state index contributed by atoms with van der Waals surface area (Å²) in [7, 11) is 0. The van der Waals surface area contributed by atoms with Crippen LogP contribution in [0.4, 0.5) is 0 Å². The van der Waals surface area contributed by atoms with Crippen molar-refractivity contribution in [2.24, 2.45) is 11.8 Å². The smallest absolute Gasteiger partial charge is 0.162 e. The van der Waals surface area contributed by atoms with Crippen LogP contribution < -0.4 is 4.66 Å². The molecule has 3 aromatic rings. The average molecular weight is 784 g/mol. The molecule has 221 valence electrons. The number of ketones is 1. The van der Waals surface area contributed by atoms with E-state index in [-0.39, 0.29) is 48.9 Å². The second-order valence-electron chi connectivity index (χ2n) is 12.3. The number of allylic oxidation sites excluding steroid dienone is 2. The fourth-order valence-electron chi connectivity index (χ4n) is 4.54. The molecule has 0 unspecified atom stereocenters. The summed E-state index contributed by atoms with van der Waals surface area (Å²) in [6.07, 6.45) is 6.55. The van der Waals surface area contributed by atoms with E-state index in [1.54, 1.807) is 6.33 Å². The molecule has 1 N–H and O–H groups in total. The minimum atomic E-state index is -2.09. The van der Waals surface area contributed by atoms with Crippen molar-refractivity contribution in [1.82, 2.24) is 15.0 Å². The van der Waals surface area contributed by atoms with Crippen LogP contribution in [0.2, 0.25) is 17.3 Å². The van der Waals surface area contributed by atoms with Crippen molar-refractivity contribution in [2.45, 2.75) is 96.8 Å². The van der Waals surface area contributed by atoms with Gasteiger partial charge in [-0.25, -0.2) is 0 Å². The second kappa shape index (κ2) is 15.9. The summed E-state index contributed by atoms with van der Waals surface area (Å²) in [5, 5.41) is 12.1. The molecular formula is C33H48GeIrN3O2-. The Morgan fingerprint density at radius 2 is 1.55 bits per heavy atom. The summed E-state index contributed by atoms with van der Waals surface area (Å²) >= 11 is -2.09. The topological polar surface area (TPSA) is 76.0 Å². The molecule has 0 aliphatic rings. The van der Waals surface area contributed by atoms with E-state index >= 15 is 0 Å². The van der Waals surface area contributed by atoms with E-state index in [0.29, 0.717) is 0 Å².